The van der Waals surface area contributed by atoms with Crippen LogP contribution in [-0.4, -0.2) is 37.4 Å². The first kappa shape index (κ1) is 30.7. The Balaban J connectivity index is 1.55. The van der Waals surface area contributed by atoms with E-state index in [1.807, 2.05) is 30.3 Å². The van der Waals surface area contributed by atoms with Gasteiger partial charge in [0.1, 0.15) is 18.8 Å². The van der Waals surface area contributed by atoms with E-state index in [1.165, 1.54) is 0 Å². The minimum Gasteiger partial charge on any atom is -0.493 e. The number of hydrogen-bond donors (Lipinski definition) is 2. The summed E-state index contributed by atoms with van der Waals surface area (Å²) in [6.45, 7) is 6.61. The lowest BCUT2D eigenvalue weighted by Gasteiger charge is -2.37. The van der Waals surface area contributed by atoms with E-state index < -0.39 is 24.1 Å². The molecular weight excluding hydrogens is 520 g/mol. The minimum atomic E-state index is -1.18. The number of ether oxygens (including phenoxy) is 4. The smallest absolute Gasteiger partial charge is 0.407 e. The zero-order chi connectivity index (χ0) is 29.4. The van der Waals surface area contributed by atoms with Crippen molar-refractivity contribution in [1.29, 1.82) is 0 Å². The maximum absolute atomic E-state index is 13.4. The van der Waals surface area contributed by atoms with Crippen molar-refractivity contribution in [2.75, 3.05) is 7.11 Å². The van der Waals surface area contributed by atoms with E-state index in [0.29, 0.717) is 28.9 Å². The summed E-state index contributed by atoms with van der Waals surface area (Å²) in [7, 11) is 1.59. The van der Waals surface area contributed by atoms with Gasteiger partial charge in [0.2, 0.25) is 0 Å². The van der Waals surface area contributed by atoms with Crippen LogP contribution in [0, 0.1) is 17.8 Å². The maximum Gasteiger partial charge on any atom is 0.407 e. The van der Waals surface area contributed by atoms with Crippen LogP contribution in [0.1, 0.15) is 82.9 Å². The summed E-state index contributed by atoms with van der Waals surface area (Å²) in [6, 6.07) is 12.7. The molecule has 0 aromatic heterocycles. The molecule has 3 N–H and O–H groups in total. The highest BCUT2D eigenvalue weighted by molar-refractivity contribution is 5.78. The van der Waals surface area contributed by atoms with Crippen molar-refractivity contribution in [3.05, 3.63) is 59.7 Å². The molecule has 0 radical (unpaired) electrons. The second-order valence-electron chi connectivity index (χ2n) is 11.9. The number of carbonyl (C=O) groups excluding carboxylic acids is 2. The molecule has 4 unspecified atom stereocenters. The van der Waals surface area contributed by atoms with Crippen LogP contribution in [0.3, 0.4) is 0 Å². The molecule has 0 spiro atoms. The van der Waals surface area contributed by atoms with Crippen LogP contribution < -0.4 is 20.5 Å². The van der Waals surface area contributed by atoms with Gasteiger partial charge in [-0.05, 0) is 79.5 Å². The average Bonchev–Trinajstić information content (AvgIpc) is 3.48. The van der Waals surface area contributed by atoms with Gasteiger partial charge in [0.05, 0.1) is 19.3 Å². The maximum atomic E-state index is 13.4. The first-order valence-corrected chi connectivity index (χ1v) is 15.0. The highest BCUT2D eigenvalue weighted by Crippen LogP contribution is 2.37. The van der Waals surface area contributed by atoms with E-state index in [4.69, 9.17) is 24.7 Å². The predicted octanol–water partition coefficient (Wildman–Crippen LogP) is 6.32. The summed E-state index contributed by atoms with van der Waals surface area (Å²) in [6.07, 6.45) is 6.46. The van der Waals surface area contributed by atoms with E-state index >= 15 is 0 Å². The molecule has 0 bridgehead atoms. The van der Waals surface area contributed by atoms with Crippen LogP contribution in [0.25, 0.3) is 0 Å². The summed E-state index contributed by atoms with van der Waals surface area (Å²) >= 11 is 0. The number of benzene rings is 2. The van der Waals surface area contributed by atoms with Crippen molar-refractivity contribution >= 4 is 12.1 Å². The second kappa shape index (κ2) is 14.6. The second-order valence-corrected chi connectivity index (χ2v) is 11.9. The summed E-state index contributed by atoms with van der Waals surface area (Å²) in [5.41, 5.74) is 7.96. The highest BCUT2D eigenvalue weighted by Gasteiger charge is 2.36. The molecule has 1 amide bonds. The van der Waals surface area contributed by atoms with Gasteiger partial charge in [-0.2, -0.15) is 0 Å². The number of methoxy groups -OCH3 is 1. The monoisotopic (exact) mass is 566 g/mol. The molecule has 2 aliphatic carbocycles. The van der Waals surface area contributed by atoms with E-state index in [9.17, 15) is 9.59 Å². The molecule has 8 heteroatoms. The number of nitrogens with two attached hydrogens (primary N) is 1. The van der Waals surface area contributed by atoms with Crippen LogP contribution >= 0.6 is 0 Å². The standard InChI is InChI=1S/C33H46N2O6/c1-21(2)26-16-14-22(3)18-28(26)41-33(37)35-31(30(34)32(36)39-20-23-10-6-5-7-11-23)24-15-17-27(38-4)29(19-24)40-25-12-8-9-13-25/h5-7,10-11,15,17,19,21-22,25-26,28,30-31H,8-9,12-14,16,18,20,34H2,1-4H3,(H,35,37)/t22?,26?,28?,30?,31-/m1/s1. The van der Waals surface area contributed by atoms with Crippen molar-refractivity contribution in [3.63, 3.8) is 0 Å². The fourth-order valence-corrected chi connectivity index (χ4v) is 6.05. The summed E-state index contributed by atoms with van der Waals surface area (Å²) in [5.74, 6) is 1.67. The number of hydrogen-bond acceptors (Lipinski definition) is 7. The van der Waals surface area contributed by atoms with Gasteiger partial charge in [-0.1, -0.05) is 63.6 Å². The van der Waals surface area contributed by atoms with Crippen molar-refractivity contribution in [2.45, 2.75) is 96.6 Å². The molecule has 5 atom stereocenters. The Morgan fingerprint density at radius 1 is 1.00 bits per heavy atom. The first-order chi connectivity index (χ1) is 19.7. The molecule has 0 saturated heterocycles. The van der Waals surface area contributed by atoms with Gasteiger partial charge in [0.15, 0.2) is 11.5 Å². The van der Waals surface area contributed by atoms with Crippen molar-refractivity contribution < 1.29 is 28.5 Å². The molecule has 2 fully saturated rings. The van der Waals surface area contributed by atoms with Crippen LogP contribution in [0.15, 0.2) is 48.5 Å². The predicted molar refractivity (Wildman–Crippen MR) is 158 cm³/mol. The quantitative estimate of drug-likeness (QED) is 0.307. The minimum absolute atomic E-state index is 0.0826. The molecule has 41 heavy (non-hydrogen) atoms. The molecule has 2 aromatic rings. The fraction of sp³-hybridized carbons (Fsp3) is 0.576. The Morgan fingerprint density at radius 3 is 2.41 bits per heavy atom. The number of esters is 1. The topological polar surface area (TPSA) is 109 Å². The molecule has 224 valence electrons. The molecule has 2 aromatic carbocycles. The Bertz CT molecular complexity index is 1130. The van der Waals surface area contributed by atoms with Crippen LogP contribution in [0.2, 0.25) is 0 Å². The van der Waals surface area contributed by atoms with Gasteiger partial charge in [-0.25, -0.2) is 4.79 Å². The third-order valence-corrected chi connectivity index (χ3v) is 8.49. The molecular formula is C33H46N2O6. The fourth-order valence-electron chi connectivity index (χ4n) is 6.05. The third kappa shape index (κ3) is 8.38. The average molecular weight is 567 g/mol. The van der Waals surface area contributed by atoms with Crippen LogP contribution in [0.5, 0.6) is 11.5 Å². The normalized spacial score (nSPS) is 22.5. The van der Waals surface area contributed by atoms with Gasteiger partial charge in [0.25, 0.3) is 0 Å². The van der Waals surface area contributed by atoms with Gasteiger partial charge >= 0.3 is 12.1 Å². The lowest BCUT2D eigenvalue weighted by atomic mass is 9.75. The lowest BCUT2D eigenvalue weighted by Crippen LogP contribution is -2.48. The van der Waals surface area contributed by atoms with E-state index in [2.05, 4.69) is 26.1 Å². The van der Waals surface area contributed by atoms with Crippen LogP contribution in [-0.2, 0) is 20.9 Å². The first-order valence-electron chi connectivity index (χ1n) is 15.0. The van der Waals surface area contributed by atoms with Gasteiger partial charge < -0.3 is 30.0 Å². The zero-order valence-corrected chi connectivity index (χ0v) is 24.8. The SMILES string of the molecule is COc1ccc([C@@H](NC(=O)OC2CC(C)CCC2C(C)C)C(N)C(=O)OCc2ccccc2)cc1OC1CCCC1. The number of alkyl carbamates (subject to hydrolysis) is 1. The van der Waals surface area contributed by atoms with E-state index in [-0.39, 0.29) is 24.7 Å². The number of carbonyl (C=O) groups is 2. The largest absolute Gasteiger partial charge is 0.493 e. The zero-order valence-electron chi connectivity index (χ0n) is 24.8. The van der Waals surface area contributed by atoms with E-state index in [1.54, 1.807) is 25.3 Å². The van der Waals surface area contributed by atoms with Crippen molar-refractivity contribution in [3.8, 4) is 11.5 Å². The number of nitrogens with one attached hydrogen (secondary N) is 1. The Morgan fingerprint density at radius 2 is 1.73 bits per heavy atom. The third-order valence-electron chi connectivity index (χ3n) is 8.49. The van der Waals surface area contributed by atoms with Crippen molar-refractivity contribution in [1.82, 2.24) is 5.32 Å². The van der Waals surface area contributed by atoms with Crippen LogP contribution in [0.4, 0.5) is 4.79 Å². The van der Waals surface area contributed by atoms with Gasteiger partial charge in [0, 0.05) is 0 Å². The Kier molecular flexibility index (Phi) is 10.9. The summed E-state index contributed by atoms with van der Waals surface area (Å²) in [5, 5.41) is 2.91. The number of rotatable bonds is 11. The van der Waals surface area contributed by atoms with E-state index in [0.717, 1.165) is 50.5 Å². The molecule has 0 aliphatic heterocycles. The molecule has 8 nitrogen and oxygen atoms in total. The summed E-state index contributed by atoms with van der Waals surface area (Å²) in [4.78, 5) is 26.5. The lowest BCUT2D eigenvalue weighted by molar-refractivity contribution is -0.147. The number of amides is 1. The Labute approximate surface area is 244 Å². The van der Waals surface area contributed by atoms with Gasteiger partial charge in [-0.3, -0.25) is 4.79 Å². The molecule has 0 heterocycles. The highest BCUT2D eigenvalue weighted by atomic mass is 16.6. The molecule has 4 rings (SSSR count). The van der Waals surface area contributed by atoms with Gasteiger partial charge in [-0.15, -0.1) is 0 Å². The molecule has 2 saturated carbocycles. The Hall–Kier alpha value is -3.26. The molecule has 2 aliphatic rings. The van der Waals surface area contributed by atoms with Crippen molar-refractivity contribution in [2.24, 2.45) is 23.5 Å². The summed E-state index contributed by atoms with van der Waals surface area (Å²) < 4.78 is 23.4.